The van der Waals surface area contributed by atoms with E-state index in [1.807, 2.05) is 0 Å². The number of hydrogen-bond donors (Lipinski definition) is 0. The van der Waals surface area contributed by atoms with E-state index in [0.717, 1.165) is 5.92 Å². The molecule has 1 aliphatic rings. The van der Waals surface area contributed by atoms with Gasteiger partial charge in [0.15, 0.2) is 0 Å². The zero-order chi connectivity index (χ0) is 6.15. The molecule has 0 amide bonds. The SMILES string of the molecule is C=C1CC(C)C1=CC. The predicted octanol–water partition coefficient (Wildman–Crippen LogP) is 2.53. The summed E-state index contributed by atoms with van der Waals surface area (Å²) in [7, 11) is 0. The molecule has 1 unspecified atom stereocenters. The van der Waals surface area contributed by atoms with Gasteiger partial charge in [-0.25, -0.2) is 0 Å². The molecule has 1 aliphatic carbocycles. The lowest BCUT2D eigenvalue weighted by atomic mass is 9.77. The summed E-state index contributed by atoms with van der Waals surface area (Å²) >= 11 is 0. The van der Waals surface area contributed by atoms with Crippen molar-refractivity contribution in [2.24, 2.45) is 5.92 Å². The lowest BCUT2D eigenvalue weighted by Gasteiger charge is -2.28. The Morgan fingerprint density at radius 1 is 1.75 bits per heavy atom. The van der Waals surface area contributed by atoms with Crippen LogP contribution in [0.5, 0.6) is 0 Å². The van der Waals surface area contributed by atoms with Crippen LogP contribution in [0.15, 0.2) is 23.8 Å². The normalized spacial score (nSPS) is 33.0. The molecule has 0 aromatic heterocycles. The Morgan fingerprint density at radius 2 is 2.38 bits per heavy atom. The summed E-state index contributed by atoms with van der Waals surface area (Å²) in [6, 6.07) is 0. The van der Waals surface area contributed by atoms with Crippen LogP contribution >= 0.6 is 0 Å². The molecule has 0 spiro atoms. The van der Waals surface area contributed by atoms with E-state index in [2.05, 4.69) is 26.5 Å². The van der Waals surface area contributed by atoms with Crippen molar-refractivity contribution in [1.29, 1.82) is 0 Å². The molecule has 0 heterocycles. The molecule has 1 fully saturated rings. The van der Waals surface area contributed by atoms with Gasteiger partial charge in [0.2, 0.25) is 0 Å². The second-order valence-corrected chi connectivity index (χ2v) is 2.45. The third-order valence-electron chi connectivity index (χ3n) is 1.80. The highest BCUT2D eigenvalue weighted by Crippen LogP contribution is 2.36. The zero-order valence-electron chi connectivity index (χ0n) is 5.57. The van der Waals surface area contributed by atoms with E-state index in [9.17, 15) is 0 Å². The molecule has 0 aliphatic heterocycles. The number of hydrogen-bond acceptors (Lipinski definition) is 0. The molecule has 44 valence electrons. The van der Waals surface area contributed by atoms with Gasteiger partial charge in [-0.2, -0.15) is 0 Å². The molecule has 0 aromatic rings. The largest absolute Gasteiger partial charge is 0.0955 e. The maximum Gasteiger partial charge on any atom is -0.0151 e. The molecule has 0 bridgehead atoms. The van der Waals surface area contributed by atoms with Gasteiger partial charge in [0.1, 0.15) is 0 Å². The van der Waals surface area contributed by atoms with Crippen molar-refractivity contribution in [1.82, 2.24) is 0 Å². The third-order valence-corrected chi connectivity index (χ3v) is 1.80. The average Bonchev–Trinajstić information content (AvgIpc) is 1.67. The molecule has 0 heteroatoms. The highest BCUT2D eigenvalue weighted by Gasteiger charge is 2.21. The van der Waals surface area contributed by atoms with E-state index in [0.29, 0.717) is 0 Å². The van der Waals surface area contributed by atoms with Crippen molar-refractivity contribution in [2.75, 3.05) is 0 Å². The molecule has 0 radical (unpaired) electrons. The summed E-state index contributed by atoms with van der Waals surface area (Å²) < 4.78 is 0. The van der Waals surface area contributed by atoms with Crippen LogP contribution in [-0.2, 0) is 0 Å². The lowest BCUT2D eigenvalue weighted by molar-refractivity contribution is 0.592. The molecule has 0 N–H and O–H groups in total. The molecular formula is C8H12. The van der Waals surface area contributed by atoms with Gasteiger partial charge >= 0.3 is 0 Å². The van der Waals surface area contributed by atoms with Crippen molar-refractivity contribution in [3.63, 3.8) is 0 Å². The molecule has 1 rings (SSSR count). The third kappa shape index (κ3) is 0.605. The van der Waals surface area contributed by atoms with Crippen LogP contribution < -0.4 is 0 Å². The second-order valence-electron chi connectivity index (χ2n) is 2.45. The first-order valence-corrected chi connectivity index (χ1v) is 3.10. The fourth-order valence-corrected chi connectivity index (χ4v) is 1.30. The Hall–Kier alpha value is -0.520. The van der Waals surface area contributed by atoms with Crippen molar-refractivity contribution >= 4 is 0 Å². The fourth-order valence-electron chi connectivity index (χ4n) is 1.30. The smallest absolute Gasteiger partial charge is 0.0151 e. The summed E-state index contributed by atoms with van der Waals surface area (Å²) in [5.41, 5.74) is 2.80. The summed E-state index contributed by atoms with van der Waals surface area (Å²) in [5, 5.41) is 0. The summed E-state index contributed by atoms with van der Waals surface area (Å²) in [5.74, 6) is 0.785. The first-order chi connectivity index (χ1) is 3.75. The van der Waals surface area contributed by atoms with Crippen molar-refractivity contribution in [3.05, 3.63) is 23.8 Å². The van der Waals surface area contributed by atoms with Gasteiger partial charge in [-0.1, -0.05) is 25.2 Å². The van der Waals surface area contributed by atoms with E-state index in [4.69, 9.17) is 0 Å². The standard InChI is InChI=1S/C8H12/c1-4-8-6(2)5-7(8)3/h4,7H,2,5H2,1,3H3. The van der Waals surface area contributed by atoms with Crippen LogP contribution in [-0.4, -0.2) is 0 Å². The van der Waals surface area contributed by atoms with Gasteiger partial charge in [0, 0.05) is 0 Å². The van der Waals surface area contributed by atoms with Gasteiger partial charge in [0.05, 0.1) is 0 Å². The van der Waals surface area contributed by atoms with E-state index >= 15 is 0 Å². The Bertz CT molecular complexity index is 140. The Morgan fingerprint density at radius 3 is 2.50 bits per heavy atom. The minimum atomic E-state index is 0.785. The highest BCUT2D eigenvalue weighted by molar-refractivity contribution is 5.39. The highest BCUT2D eigenvalue weighted by atomic mass is 14.3. The Labute approximate surface area is 50.9 Å². The molecule has 0 saturated heterocycles. The van der Waals surface area contributed by atoms with Crippen LogP contribution in [0.1, 0.15) is 20.3 Å². The maximum absolute atomic E-state index is 3.89. The van der Waals surface area contributed by atoms with Gasteiger partial charge in [-0.15, -0.1) is 0 Å². The minimum absolute atomic E-state index is 0.785. The van der Waals surface area contributed by atoms with Crippen LogP contribution in [0.2, 0.25) is 0 Å². The number of allylic oxidation sites excluding steroid dienone is 3. The zero-order valence-corrected chi connectivity index (χ0v) is 5.57. The summed E-state index contributed by atoms with van der Waals surface area (Å²) in [6.07, 6.45) is 3.37. The average molecular weight is 108 g/mol. The van der Waals surface area contributed by atoms with Gasteiger partial charge in [-0.05, 0) is 24.8 Å². The first-order valence-electron chi connectivity index (χ1n) is 3.10. The predicted molar refractivity (Wildman–Crippen MR) is 36.7 cm³/mol. The van der Waals surface area contributed by atoms with Crippen LogP contribution in [0.3, 0.4) is 0 Å². The van der Waals surface area contributed by atoms with Crippen LogP contribution in [0, 0.1) is 5.92 Å². The first kappa shape index (κ1) is 5.61. The second kappa shape index (κ2) is 1.77. The van der Waals surface area contributed by atoms with E-state index in [1.54, 1.807) is 0 Å². The van der Waals surface area contributed by atoms with Gasteiger partial charge < -0.3 is 0 Å². The monoisotopic (exact) mass is 108 g/mol. The molecule has 1 saturated carbocycles. The van der Waals surface area contributed by atoms with Crippen molar-refractivity contribution < 1.29 is 0 Å². The maximum atomic E-state index is 3.89. The molecular weight excluding hydrogens is 96.1 g/mol. The number of rotatable bonds is 0. The molecule has 8 heavy (non-hydrogen) atoms. The van der Waals surface area contributed by atoms with E-state index in [-0.39, 0.29) is 0 Å². The van der Waals surface area contributed by atoms with Crippen molar-refractivity contribution in [3.8, 4) is 0 Å². The van der Waals surface area contributed by atoms with Crippen LogP contribution in [0.4, 0.5) is 0 Å². The Kier molecular flexibility index (Phi) is 1.24. The summed E-state index contributed by atoms with van der Waals surface area (Å²) in [6.45, 7) is 8.21. The van der Waals surface area contributed by atoms with E-state index < -0.39 is 0 Å². The Balaban J connectivity index is 2.66. The van der Waals surface area contributed by atoms with Crippen molar-refractivity contribution in [2.45, 2.75) is 20.3 Å². The quantitative estimate of drug-likeness (QED) is 0.447. The van der Waals surface area contributed by atoms with Gasteiger partial charge in [0.25, 0.3) is 0 Å². The molecule has 0 nitrogen and oxygen atoms in total. The minimum Gasteiger partial charge on any atom is -0.0955 e. The van der Waals surface area contributed by atoms with E-state index in [1.165, 1.54) is 17.6 Å². The lowest BCUT2D eigenvalue weighted by Crippen LogP contribution is -2.13. The topological polar surface area (TPSA) is 0 Å². The molecule has 1 atom stereocenters. The molecule has 0 aromatic carbocycles. The fraction of sp³-hybridized carbons (Fsp3) is 0.500. The van der Waals surface area contributed by atoms with Gasteiger partial charge in [-0.3, -0.25) is 0 Å². The van der Waals surface area contributed by atoms with Crippen LogP contribution in [0.25, 0.3) is 0 Å². The summed E-state index contributed by atoms with van der Waals surface area (Å²) in [4.78, 5) is 0.